The van der Waals surface area contributed by atoms with Crippen molar-refractivity contribution in [2.75, 3.05) is 66.8 Å². The summed E-state index contributed by atoms with van der Waals surface area (Å²) in [5, 5.41) is 3.34. The number of nitrogens with one attached hydrogen (secondary N) is 1. The minimum atomic E-state index is 0.622. The molecular formula is C15H31N3O3. The molecule has 1 unspecified atom stereocenters. The Morgan fingerprint density at radius 3 is 2.90 bits per heavy atom. The molecule has 1 rings (SSSR count). The van der Waals surface area contributed by atoms with Gasteiger partial charge in [-0.05, 0) is 19.8 Å². The monoisotopic (exact) mass is 301 g/mol. The van der Waals surface area contributed by atoms with E-state index < -0.39 is 0 Å². The molecular weight excluding hydrogens is 270 g/mol. The predicted molar refractivity (Wildman–Crippen MR) is 84.8 cm³/mol. The molecule has 124 valence electrons. The Bertz CT molecular complexity index is 281. The van der Waals surface area contributed by atoms with E-state index in [2.05, 4.69) is 29.2 Å². The second-order valence-electron chi connectivity index (χ2n) is 5.30. The Hall–Kier alpha value is -0.850. The molecule has 1 fully saturated rings. The van der Waals surface area contributed by atoms with Crippen LogP contribution >= 0.6 is 0 Å². The summed E-state index contributed by atoms with van der Waals surface area (Å²) in [6, 6.07) is 0. The average Bonchev–Trinajstić information content (AvgIpc) is 2.98. The van der Waals surface area contributed by atoms with E-state index in [1.807, 2.05) is 0 Å². The third-order valence-electron chi connectivity index (χ3n) is 3.39. The van der Waals surface area contributed by atoms with Gasteiger partial charge in [-0.2, -0.15) is 0 Å². The fourth-order valence-electron chi connectivity index (χ4n) is 2.27. The smallest absolute Gasteiger partial charge is 0.193 e. The number of methoxy groups -OCH3 is 1. The Labute approximate surface area is 128 Å². The second-order valence-corrected chi connectivity index (χ2v) is 5.30. The van der Waals surface area contributed by atoms with Crippen LogP contribution in [-0.2, 0) is 14.2 Å². The highest BCUT2D eigenvalue weighted by Gasteiger charge is 2.18. The van der Waals surface area contributed by atoms with E-state index in [9.17, 15) is 0 Å². The molecule has 0 aromatic rings. The first-order valence-corrected chi connectivity index (χ1v) is 7.91. The van der Waals surface area contributed by atoms with Crippen molar-refractivity contribution in [2.24, 2.45) is 10.9 Å². The normalized spacial score (nSPS) is 19.0. The molecule has 0 aromatic carbocycles. The van der Waals surface area contributed by atoms with Crippen molar-refractivity contribution in [1.29, 1.82) is 0 Å². The van der Waals surface area contributed by atoms with Gasteiger partial charge in [0.2, 0.25) is 0 Å². The quantitative estimate of drug-likeness (QED) is 0.370. The lowest BCUT2D eigenvalue weighted by molar-refractivity contribution is 0.0702. The predicted octanol–water partition coefficient (Wildman–Crippen LogP) is 0.973. The SMILES string of the molecule is CCNC(=NCCCOCCOC)N(C)CC1CCOC1. The molecule has 1 atom stereocenters. The largest absolute Gasteiger partial charge is 0.382 e. The molecule has 6 heteroatoms. The maximum absolute atomic E-state index is 5.44. The van der Waals surface area contributed by atoms with Gasteiger partial charge < -0.3 is 24.4 Å². The molecule has 1 heterocycles. The van der Waals surface area contributed by atoms with Crippen molar-refractivity contribution in [1.82, 2.24) is 10.2 Å². The lowest BCUT2D eigenvalue weighted by Gasteiger charge is -2.24. The van der Waals surface area contributed by atoms with Gasteiger partial charge in [-0.1, -0.05) is 0 Å². The van der Waals surface area contributed by atoms with Crippen LogP contribution in [0.1, 0.15) is 19.8 Å². The molecule has 6 nitrogen and oxygen atoms in total. The maximum atomic E-state index is 5.44. The zero-order chi connectivity index (χ0) is 15.3. The molecule has 0 bridgehead atoms. The lowest BCUT2D eigenvalue weighted by Crippen LogP contribution is -2.41. The zero-order valence-electron chi connectivity index (χ0n) is 13.8. The van der Waals surface area contributed by atoms with E-state index in [1.165, 1.54) is 0 Å². The van der Waals surface area contributed by atoms with E-state index in [0.717, 1.165) is 58.3 Å². The van der Waals surface area contributed by atoms with Gasteiger partial charge in [-0.3, -0.25) is 4.99 Å². The first-order chi connectivity index (χ1) is 10.3. The summed E-state index contributed by atoms with van der Waals surface area (Å²) in [7, 11) is 3.77. The average molecular weight is 301 g/mol. The molecule has 0 radical (unpaired) electrons. The minimum absolute atomic E-state index is 0.622. The summed E-state index contributed by atoms with van der Waals surface area (Å²) in [4.78, 5) is 6.86. The van der Waals surface area contributed by atoms with Crippen molar-refractivity contribution in [2.45, 2.75) is 19.8 Å². The Morgan fingerprint density at radius 2 is 2.24 bits per heavy atom. The van der Waals surface area contributed by atoms with Crippen LogP contribution in [0.25, 0.3) is 0 Å². The Kier molecular flexibility index (Phi) is 10.2. The molecule has 1 N–H and O–H groups in total. The molecule has 1 aliphatic heterocycles. The summed E-state index contributed by atoms with van der Waals surface area (Å²) >= 11 is 0. The van der Waals surface area contributed by atoms with Gasteiger partial charge in [0.05, 0.1) is 19.8 Å². The number of hydrogen-bond donors (Lipinski definition) is 1. The molecule has 0 aromatic heterocycles. The van der Waals surface area contributed by atoms with E-state index in [4.69, 9.17) is 14.2 Å². The number of hydrogen-bond acceptors (Lipinski definition) is 4. The van der Waals surface area contributed by atoms with Crippen LogP contribution in [0.2, 0.25) is 0 Å². The summed E-state index contributed by atoms with van der Waals surface area (Å²) < 4.78 is 15.8. The van der Waals surface area contributed by atoms with E-state index in [1.54, 1.807) is 7.11 Å². The van der Waals surface area contributed by atoms with Crippen LogP contribution in [0.4, 0.5) is 0 Å². The number of nitrogens with zero attached hydrogens (tertiary/aromatic N) is 2. The summed E-state index contributed by atoms with van der Waals surface area (Å²) in [5.74, 6) is 1.59. The van der Waals surface area contributed by atoms with Crippen LogP contribution in [0.3, 0.4) is 0 Å². The van der Waals surface area contributed by atoms with Crippen LogP contribution in [0.15, 0.2) is 4.99 Å². The van der Waals surface area contributed by atoms with Gasteiger partial charge in [0.15, 0.2) is 5.96 Å². The number of ether oxygens (including phenoxy) is 3. The summed E-state index contributed by atoms with van der Waals surface area (Å²) in [5.41, 5.74) is 0. The van der Waals surface area contributed by atoms with Gasteiger partial charge in [0.25, 0.3) is 0 Å². The van der Waals surface area contributed by atoms with Crippen LogP contribution in [0.5, 0.6) is 0 Å². The van der Waals surface area contributed by atoms with Crippen LogP contribution < -0.4 is 5.32 Å². The third kappa shape index (κ3) is 8.24. The van der Waals surface area contributed by atoms with E-state index >= 15 is 0 Å². The zero-order valence-corrected chi connectivity index (χ0v) is 13.8. The lowest BCUT2D eigenvalue weighted by atomic mass is 10.1. The highest BCUT2D eigenvalue weighted by atomic mass is 16.5. The van der Waals surface area contributed by atoms with Crippen molar-refractivity contribution in [3.05, 3.63) is 0 Å². The first-order valence-electron chi connectivity index (χ1n) is 7.91. The van der Waals surface area contributed by atoms with Crippen molar-refractivity contribution in [3.63, 3.8) is 0 Å². The van der Waals surface area contributed by atoms with E-state index in [-0.39, 0.29) is 0 Å². The van der Waals surface area contributed by atoms with Gasteiger partial charge in [0.1, 0.15) is 0 Å². The van der Waals surface area contributed by atoms with Crippen molar-refractivity contribution < 1.29 is 14.2 Å². The molecule has 21 heavy (non-hydrogen) atoms. The fraction of sp³-hybridized carbons (Fsp3) is 0.933. The number of aliphatic imine (C=N–C) groups is 1. The van der Waals surface area contributed by atoms with Crippen molar-refractivity contribution in [3.8, 4) is 0 Å². The highest BCUT2D eigenvalue weighted by molar-refractivity contribution is 5.79. The number of guanidine groups is 1. The maximum Gasteiger partial charge on any atom is 0.193 e. The number of rotatable bonds is 10. The van der Waals surface area contributed by atoms with Crippen molar-refractivity contribution >= 4 is 5.96 Å². The Balaban J connectivity index is 2.24. The van der Waals surface area contributed by atoms with Gasteiger partial charge in [-0.15, -0.1) is 0 Å². The standard InChI is InChI=1S/C15H31N3O3/c1-4-16-15(17-7-5-8-20-11-10-19-3)18(2)12-14-6-9-21-13-14/h14H,4-13H2,1-3H3,(H,16,17). The highest BCUT2D eigenvalue weighted by Crippen LogP contribution is 2.13. The van der Waals surface area contributed by atoms with Gasteiger partial charge in [0, 0.05) is 52.9 Å². The van der Waals surface area contributed by atoms with Crippen LogP contribution in [-0.4, -0.2) is 77.7 Å². The fourth-order valence-corrected chi connectivity index (χ4v) is 2.27. The second kappa shape index (κ2) is 11.8. The van der Waals surface area contributed by atoms with Gasteiger partial charge >= 0.3 is 0 Å². The van der Waals surface area contributed by atoms with E-state index in [0.29, 0.717) is 19.1 Å². The third-order valence-corrected chi connectivity index (χ3v) is 3.39. The summed E-state index contributed by atoms with van der Waals surface area (Å²) in [6.45, 7) is 8.55. The minimum Gasteiger partial charge on any atom is -0.382 e. The van der Waals surface area contributed by atoms with Crippen LogP contribution in [0, 0.1) is 5.92 Å². The molecule has 0 aliphatic carbocycles. The summed E-state index contributed by atoms with van der Waals surface area (Å²) in [6.07, 6.45) is 2.08. The molecule has 1 aliphatic rings. The molecule has 0 amide bonds. The molecule has 0 spiro atoms. The first kappa shape index (κ1) is 18.2. The topological polar surface area (TPSA) is 55.3 Å². The molecule has 1 saturated heterocycles. The molecule has 0 saturated carbocycles. The van der Waals surface area contributed by atoms with Gasteiger partial charge in [-0.25, -0.2) is 0 Å². The Morgan fingerprint density at radius 1 is 1.38 bits per heavy atom.